The average molecular weight is 368 g/mol. The Balaban J connectivity index is 1.58. The predicted molar refractivity (Wildman–Crippen MR) is 97.7 cm³/mol. The number of rotatable bonds is 3. The lowest BCUT2D eigenvalue weighted by Crippen LogP contribution is -2.49. The minimum atomic E-state index is -0.301. The van der Waals surface area contributed by atoms with Crippen LogP contribution in [0.1, 0.15) is 28.8 Å². The first-order valence-electron chi connectivity index (χ1n) is 8.97. The Kier molecular flexibility index (Phi) is 4.57. The Morgan fingerprint density at radius 1 is 1.30 bits per heavy atom. The van der Waals surface area contributed by atoms with Crippen LogP contribution in [0.3, 0.4) is 0 Å². The van der Waals surface area contributed by atoms with Gasteiger partial charge in [0.25, 0.3) is 5.78 Å². The molecule has 3 heterocycles. The highest BCUT2D eigenvalue weighted by Crippen LogP contribution is 2.23. The molecule has 140 valence electrons. The molecule has 1 aliphatic heterocycles. The molecule has 27 heavy (non-hydrogen) atoms. The SMILES string of the molecule is Cc1cc(C)n2nc(CC(=O)N3CCNCC3c3cccc(F)c3)nc2n1. The Bertz CT molecular complexity index is 1000. The molecule has 1 amide bonds. The molecule has 1 aromatic carbocycles. The van der Waals surface area contributed by atoms with Crippen LogP contribution >= 0.6 is 0 Å². The van der Waals surface area contributed by atoms with E-state index in [0.29, 0.717) is 31.2 Å². The zero-order chi connectivity index (χ0) is 19.0. The molecule has 8 heteroatoms. The minimum absolute atomic E-state index is 0.0731. The van der Waals surface area contributed by atoms with Crippen LogP contribution in [0, 0.1) is 19.7 Å². The predicted octanol–water partition coefficient (Wildman–Crippen LogP) is 1.60. The van der Waals surface area contributed by atoms with Gasteiger partial charge in [0.05, 0.1) is 12.5 Å². The lowest BCUT2D eigenvalue weighted by atomic mass is 10.0. The highest BCUT2D eigenvalue weighted by molar-refractivity contribution is 5.78. The standard InChI is InChI=1S/C19H21FN6O/c1-12-8-13(2)26-19(22-12)23-17(24-26)10-18(27)25-7-6-21-11-16(25)14-4-3-5-15(20)9-14/h3-5,8-9,16,21H,6-7,10-11H2,1-2H3. The zero-order valence-electron chi connectivity index (χ0n) is 15.3. The third-order valence-corrected chi connectivity index (χ3v) is 4.77. The van der Waals surface area contributed by atoms with Crippen LogP contribution in [0.4, 0.5) is 4.39 Å². The van der Waals surface area contributed by atoms with E-state index in [1.54, 1.807) is 15.5 Å². The van der Waals surface area contributed by atoms with Gasteiger partial charge >= 0.3 is 0 Å². The van der Waals surface area contributed by atoms with Gasteiger partial charge in [0, 0.05) is 31.0 Å². The van der Waals surface area contributed by atoms with Crippen molar-refractivity contribution in [1.82, 2.24) is 29.8 Å². The van der Waals surface area contributed by atoms with Gasteiger partial charge in [-0.2, -0.15) is 4.98 Å². The van der Waals surface area contributed by atoms with Crippen LogP contribution in [0.15, 0.2) is 30.3 Å². The number of hydrogen-bond donors (Lipinski definition) is 1. The topological polar surface area (TPSA) is 75.4 Å². The Morgan fingerprint density at radius 2 is 2.15 bits per heavy atom. The second-order valence-electron chi connectivity index (χ2n) is 6.82. The second-order valence-corrected chi connectivity index (χ2v) is 6.82. The number of nitrogens with zero attached hydrogens (tertiary/aromatic N) is 5. The van der Waals surface area contributed by atoms with Crippen molar-refractivity contribution in [3.05, 3.63) is 58.9 Å². The molecule has 3 aromatic rings. The van der Waals surface area contributed by atoms with Crippen molar-refractivity contribution in [2.24, 2.45) is 0 Å². The summed E-state index contributed by atoms with van der Waals surface area (Å²) < 4.78 is 15.3. The van der Waals surface area contributed by atoms with E-state index >= 15 is 0 Å². The molecule has 1 atom stereocenters. The van der Waals surface area contributed by atoms with Crippen molar-refractivity contribution < 1.29 is 9.18 Å². The summed E-state index contributed by atoms with van der Waals surface area (Å²) in [5.74, 6) is 0.565. The van der Waals surface area contributed by atoms with Gasteiger partial charge in [-0.05, 0) is 37.6 Å². The van der Waals surface area contributed by atoms with Gasteiger partial charge in [-0.3, -0.25) is 4.79 Å². The van der Waals surface area contributed by atoms with Crippen LogP contribution < -0.4 is 5.32 Å². The number of carbonyl (C=O) groups is 1. The third kappa shape index (κ3) is 3.52. The number of piperazine rings is 1. The van der Waals surface area contributed by atoms with E-state index in [4.69, 9.17) is 0 Å². The van der Waals surface area contributed by atoms with E-state index in [9.17, 15) is 9.18 Å². The summed E-state index contributed by atoms with van der Waals surface area (Å²) in [6.07, 6.45) is 0.0909. The van der Waals surface area contributed by atoms with Crippen LogP contribution in [0.2, 0.25) is 0 Å². The molecule has 0 aliphatic carbocycles. The highest BCUT2D eigenvalue weighted by atomic mass is 19.1. The maximum atomic E-state index is 13.6. The molecule has 4 rings (SSSR count). The van der Waals surface area contributed by atoms with Gasteiger partial charge in [0.2, 0.25) is 5.91 Å². The first kappa shape index (κ1) is 17.5. The number of halogens is 1. The number of aryl methyl sites for hydroxylation is 2. The van der Waals surface area contributed by atoms with E-state index in [2.05, 4.69) is 20.4 Å². The molecule has 2 aromatic heterocycles. The number of fused-ring (bicyclic) bond motifs is 1. The van der Waals surface area contributed by atoms with Crippen molar-refractivity contribution in [2.45, 2.75) is 26.3 Å². The van der Waals surface area contributed by atoms with Crippen molar-refractivity contribution in [3.8, 4) is 0 Å². The number of benzene rings is 1. The fraction of sp³-hybridized carbons (Fsp3) is 0.368. The Hall–Kier alpha value is -2.87. The minimum Gasteiger partial charge on any atom is -0.333 e. The first-order valence-corrected chi connectivity index (χ1v) is 8.97. The highest BCUT2D eigenvalue weighted by Gasteiger charge is 2.29. The molecule has 0 saturated carbocycles. The largest absolute Gasteiger partial charge is 0.333 e. The van der Waals surface area contributed by atoms with Crippen LogP contribution in [-0.4, -0.2) is 50.0 Å². The molecule has 0 radical (unpaired) electrons. The van der Waals surface area contributed by atoms with Crippen molar-refractivity contribution >= 4 is 11.7 Å². The number of aromatic nitrogens is 4. The van der Waals surface area contributed by atoms with Gasteiger partial charge < -0.3 is 10.2 Å². The van der Waals surface area contributed by atoms with Crippen molar-refractivity contribution in [1.29, 1.82) is 0 Å². The molecular formula is C19H21FN6O. The molecule has 7 nitrogen and oxygen atoms in total. The lowest BCUT2D eigenvalue weighted by molar-refractivity contribution is -0.133. The quantitative estimate of drug-likeness (QED) is 0.760. The Labute approximate surface area is 156 Å². The number of amides is 1. The lowest BCUT2D eigenvalue weighted by Gasteiger charge is -2.36. The van der Waals surface area contributed by atoms with Crippen LogP contribution in [0.25, 0.3) is 5.78 Å². The van der Waals surface area contributed by atoms with Gasteiger partial charge in [-0.15, -0.1) is 5.10 Å². The molecular weight excluding hydrogens is 347 g/mol. The molecule has 1 aliphatic rings. The number of hydrogen-bond acceptors (Lipinski definition) is 5. The molecule has 0 spiro atoms. The normalized spacial score (nSPS) is 17.4. The van der Waals surface area contributed by atoms with Gasteiger partial charge in [0.1, 0.15) is 5.82 Å². The van der Waals surface area contributed by atoms with Crippen molar-refractivity contribution in [3.63, 3.8) is 0 Å². The molecule has 1 unspecified atom stereocenters. The first-order chi connectivity index (χ1) is 13.0. The fourth-order valence-electron chi connectivity index (χ4n) is 3.53. The maximum Gasteiger partial charge on any atom is 0.252 e. The molecule has 1 fully saturated rings. The van der Waals surface area contributed by atoms with E-state index in [1.807, 2.05) is 26.0 Å². The van der Waals surface area contributed by atoms with Gasteiger partial charge in [-0.1, -0.05) is 12.1 Å². The molecule has 1 saturated heterocycles. The summed E-state index contributed by atoms with van der Waals surface area (Å²) in [5, 5.41) is 7.69. The number of nitrogens with one attached hydrogen (secondary N) is 1. The van der Waals surface area contributed by atoms with E-state index in [-0.39, 0.29) is 24.2 Å². The monoisotopic (exact) mass is 368 g/mol. The second kappa shape index (κ2) is 7.03. The number of carbonyl (C=O) groups excluding carboxylic acids is 1. The average Bonchev–Trinajstić information content (AvgIpc) is 3.04. The van der Waals surface area contributed by atoms with Gasteiger partial charge in [0.15, 0.2) is 5.82 Å². The van der Waals surface area contributed by atoms with E-state index < -0.39 is 0 Å². The van der Waals surface area contributed by atoms with Crippen LogP contribution in [-0.2, 0) is 11.2 Å². The van der Waals surface area contributed by atoms with Crippen LogP contribution in [0.5, 0.6) is 0 Å². The summed E-state index contributed by atoms with van der Waals surface area (Å²) in [6.45, 7) is 5.68. The smallest absolute Gasteiger partial charge is 0.252 e. The summed E-state index contributed by atoms with van der Waals surface area (Å²) in [6, 6.07) is 8.12. The maximum absolute atomic E-state index is 13.6. The third-order valence-electron chi connectivity index (χ3n) is 4.77. The van der Waals surface area contributed by atoms with E-state index in [1.165, 1.54) is 12.1 Å². The summed E-state index contributed by atoms with van der Waals surface area (Å²) in [5.41, 5.74) is 2.56. The van der Waals surface area contributed by atoms with E-state index in [0.717, 1.165) is 17.0 Å². The zero-order valence-corrected chi connectivity index (χ0v) is 15.3. The fourth-order valence-corrected chi connectivity index (χ4v) is 3.53. The summed E-state index contributed by atoms with van der Waals surface area (Å²) >= 11 is 0. The molecule has 1 N–H and O–H groups in total. The molecule has 0 bridgehead atoms. The summed E-state index contributed by atoms with van der Waals surface area (Å²) in [7, 11) is 0. The van der Waals surface area contributed by atoms with Crippen molar-refractivity contribution in [2.75, 3.05) is 19.6 Å². The van der Waals surface area contributed by atoms with Gasteiger partial charge in [-0.25, -0.2) is 13.9 Å². The summed E-state index contributed by atoms with van der Waals surface area (Å²) in [4.78, 5) is 23.5. The Morgan fingerprint density at radius 3 is 2.96 bits per heavy atom.